The van der Waals surface area contributed by atoms with Crippen molar-refractivity contribution >= 4 is 17.5 Å². The number of nitrogens with zero attached hydrogens (tertiary/aromatic N) is 2. The van der Waals surface area contributed by atoms with Gasteiger partial charge in [-0.25, -0.2) is 4.79 Å². The lowest BCUT2D eigenvalue weighted by Gasteiger charge is -2.37. The summed E-state index contributed by atoms with van der Waals surface area (Å²) in [6.45, 7) is 8.45. The topological polar surface area (TPSA) is 79.0 Å². The maximum absolute atomic E-state index is 12.4. The van der Waals surface area contributed by atoms with Gasteiger partial charge < -0.3 is 25.4 Å². The third-order valence-electron chi connectivity index (χ3n) is 4.88. The van der Waals surface area contributed by atoms with E-state index in [0.717, 1.165) is 43.6 Å². The number of nitrogen functional groups attached to an aromatic ring is 1. The number of hydrogen-bond acceptors (Lipinski definition) is 5. The fourth-order valence-electron chi connectivity index (χ4n) is 3.57. The second-order valence-corrected chi connectivity index (χ2v) is 8.00. The highest BCUT2D eigenvalue weighted by molar-refractivity contribution is 5.72. The molecule has 25 heavy (non-hydrogen) atoms. The van der Waals surface area contributed by atoms with Crippen LogP contribution < -0.4 is 10.6 Å². The maximum Gasteiger partial charge on any atom is 0.410 e. The number of aliphatic hydroxyl groups excluding tert-OH is 1. The summed E-state index contributed by atoms with van der Waals surface area (Å²) in [5.41, 5.74) is 9.89. The van der Waals surface area contributed by atoms with Gasteiger partial charge in [-0.15, -0.1) is 0 Å². The van der Waals surface area contributed by atoms with Crippen molar-refractivity contribution in [2.24, 2.45) is 0 Å². The zero-order chi connectivity index (χ0) is 18.2. The van der Waals surface area contributed by atoms with Crippen LogP contribution >= 0.6 is 0 Å². The van der Waals surface area contributed by atoms with Gasteiger partial charge in [0.1, 0.15) is 5.60 Å². The van der Waals surface area contributed by atoms with E-state index in [2.05, 4.69) is 11.0 Å². The zero-order valence-electron chi connectivity index (χ0n) is 15.4. The Hall–Kier alpha value is -1.95. The molecule has 0 saturated carbocycles. The van der Waals surface area contributed by atoms with Crippen LogP contribution in [0.2, 0.25) is 0 Å². The Morgan fingerprint density at radius 3 is 2.52 bits per heavy atom. The molecule has 3 rings (SSSR count). The van der Waals surface area contributed by atoms with Crippen LogP contribution in [0.4, 0.5) is 16.2 Å². The summed E-state index contributed by atoms with van der Waals surface area (Å²) in [6, 6.07) is 4.01. The van der Waals surface area contributed by atoms with Gasteiger partial charge in [-0.05, 0) is 63.3 Å². The Morgan fingerprint density at radius 1 is 1.20 bits per heavy atom. The number of carbonyl (C=O) groups excluding carboxylic acids is 1. The number of hydrogen-bond donors (Lipinski definition) is 2. The summed E-state index contributed by atoms with van der Waals surface area (Å²) < 4.78 is 5.50. The van der Waals surface area contributed by atoms with E-state index >= 15 is 0 Å². The number of benzene rings is 1. The van der Waals surface area contributed by atoms with E-state index < -0.39 is 5.60 Å². The van der Waals surface area contributed by atoms with Crippen molar-refractivity contribution in [2.45, 2.75) is 58.3 Å². The number of piperidine rings is 1. The third kappa shape index (κ3) is 4.00. The second kappa shape index (κ2) is 6.75. The lowest BCUT2D eigenvalue weighted by molar-refractivity contribution is 0.0224. The van der Waals surface area contributed by atoms with E-state index in [1.807, 2.05) is 26.8 Å². The molecule has 2 aliphatic rings. The Morgan fingerprint density at radius 2 is 1.88 bits per heavy atom. The first kappa shape index (κ1) is 17.9. The Bertz CT molecular complexity index is 646. The molecule has 138 valence electrons. The normalized spacial score (nSPS) is 18.9. The van der Waals surface area contributed by atoms with Crippen molar-refractivity contribution in [3.8, 4) is 0 Å². The van der Waals surface area contributed by atoms with Crippen LogP contribution in [0.15, 0.2) is 12.1 Å². The number of fused-ring (bicyclic) bond motifs is 1. The van der Waals surface area contributed by atoms with Crippen LogP contribution in [0.5, 0.6) is 0 Å². The van der Waals surface area contributed by atoms with E-state index in [1.165, 1.54) is 11.3 Å². The van der Waals surface area contributed by atoms with Gasteiger partial charge in [0.2, 0.25) is 0 Å². The fraction of sp³-hybridized carbons (Fsp3) is 0.632. The predicted molar refractivity (Wildman–Crippen MR) is 98.7 cm³/mol. The minimum absolute atomic E-state index is 0.191. The van der Waals surface area contributed by atoms with Gasteiger partial charge in [0.25, 0.3) is 0 Å². The number of rotatable bonds is 1. The second-order valence-electron chi connectivity index (χ2n) is 8.00. The van der Waals surface area contributed by atoms with Crippen molar-refractivity contribution in [3.63, 3.8) is 0 Å². The van der Waals surface area contributed by atoms with Gasteiger partial charge in [-0.3, -0.25) is 0 Å². The Labute approximate surface area is 149 Å². The monoisotopic (exact) mass is 347 g/mol. The molecule has 2 heterocycles. The highest BCUT2D eigenvalue weighted by Crippen LogP contribution is 2.34. The van der Waals surface area contributed by atoms with Crippen molar-refractivity contribution in [1.82, 2.24) is 4.90 Å². The average molecular weight is 347 g/mol. The Kier molecular flexibility index (Phi) is 4.82. The molecule has 0 unspecified atom stereocenters. The first-order chi connectivity index (χ1) is 11.7. The minimum Gasteiger partial charge on any atom is -0.444 e. The Balaban J connectivity index is 1.80. The molecule has 0 spiro atoms. The molecule has 1 aromatic carbocycles. The van der Waals surface area contributed by atoms with Gasteiger partial charge >= 0.3 is 6.09 Å². The van der Waals surface area contributed by atoms with Gasteiger partial charge in [0.05, 0.1) is 12.6 Å². The van der Waals surface area contributed by atoms with Crippen LogP contribution in [0.25, 0.3) is 0 Å². The molecule has 6 nitrogen and oxygen atoms in total. The van der Waals surface area contributed by atoms with E-state index in [0.29, 0.717) is 13.1 Å². The lowest BCUT2D eigenvalue weighted by Crippen LogP contribution is -2.41. The molecule has 1 fully saturated rings. The van der Waals surface area contributed by atoms with Crippen molar-refractivity contribution in [2.75, 3.05) is 30.3 Å². The van der Waals surface area contributed by atoms with E-state index in [9.17, 15) is 9.90 Å². The predicted octanol–water partition coefficient (Wildman–Crippen LogP) is 2.52. The molecule has 0 bridgehead atoms. The molecular formula is C19H29N3O3. The smallest absolute Gasteiger partial charge is 0.410 e. The lowest BCUT2D eigenvalue weighted by atomic mass is 9.94. The summed E-state index contributed by atoms with van der Waals surface area (Å²) in [5, 5.41) is 9.74. The van der Waals surface area contributed by atoms with Gasteiger partial charge in [-0.2, -0.15) is 0 Å². The fourth-order valence-corrected chi connectivity index (χ4v) is 3.57. The van der Waals surface area contributed by atoms with Crippen LogP contribution in [0.1, 0.15) is 44.7 Å². The summed E-state index contributed by atoms with van der Waals surface area (Å²) in [5.74, 6) is 0. The molecule has 0 atom stereocenters. The molecule has 1 aromatic rings. The molecule has 3 N–H and O–H groups in total. The molecule has 0 radical (unpaired) electrons. The summed E-state index contributed by atoms with van der Waals surface area (Å²) in [7, 11) is 0. The molecule has 1 amide bonds. The SMILES string of the molecule is CC(C)(C)OC(=O)N1CCc2c(N3CCC(O)CC3)ccc(N)c2C1. The number of amides is 1. The summed E-state index contributed by atoms with van der Waals surface area (Å²) >= 11 is 0. The maximum atomic E-state index is 12.4. The third-order valence-corrected chi connectivity index (χ3v) is 4.88. The number of anilines is 2. The first-order valence-corrected chi connectivity index (χ1v) is 9.06. The standard InChI is InChI=1S/C19H29N3O3/c1-19(2,3)25-18(24)22-11-8-14-15(12-22)16(20)4-5-17(14)21-9-6-13(23)7-10-21/h4-5,13,23H,6-12,20H2,1-3H3. The summed E-state index contributed by atoms with van der Waals surface area (Å²) in [4.78, 5) is 16.4. The minimum atomic E-state index is -0.501. The molecule has 0 aromatic heterocycles. The van der Waals surface area contributed by atoms with Crippen molar-refractivity contribution in [1.29, 1.82) is 0 Å². The van der Waals surface area contributed by atoms with Crippen molar-refractivity contribution < 1.29 is 14.6 Å². The van der Waals surface area contributed by atoms with Crippen LogP contribution in [0.3, 0.4) is 0 Å². The first-order valence-electron chi connectivity index (χ1n) is 9.06. The van der Waals surface area contributed by atoms with E-state index in [4.69, 9.17) is 10.5 Å². The van der Waals surface area contributed by atoms with Gasteiger partial charge in [0.15, 0.2) is 0 Å². The van der Waals surface area contributed by atoms with Crippen molar-refractivity contribution in [3.05, 3.63) is 23.3 Å². The number of nitrogens with two attached hydrogens (primary N) is 1. The molecular weight excluding hydrogens is 318 g/mol. The molecule has 0 aliphatic carbocycles. The van der Waals surface area contributed by atoms with Crippen LogP contribution in [-0.4, -0.2) is 47.4 Å². The highest BCUT2D eigenvalue weighted by Gasteiger charge is 2.29. The summed E-state index contributed by atoms with van der Waals surface area (Å²) in [6.07, 6.45) is 1.88. The van der Waals surface area contributed by atoms with E-state index in [-0.39, 0.29) is 12.2 Å². The number of carbonyl (C=O) groups is 1. The quantitative estimate of drug-likeness (QED) is 0.763. The molecule has 1 saturated heterocycles. The van der Waals surface area contributed by atoms with Gasteiger partial charge in [0, 0.05) is 31.0 Å². The molecule has 6 heteroatoms. The van der Waals surface area contributed by atoms with Crippen LogP contribution in [-0.2, 0) is 17.7 Å². The largest absolute Gasteiger partial charge is 0.444 e. The number of ether oxygens (including phenoxy) is 1. The van der Waals surface area contributed by atoms with Gasteiger partial charge in [-0.1, -0.05) is 0 Å². The zero-order valence-corrected chi connectivity index (χ0v) is 15.4. The number of aliphatic hydroxyl groups is 1. The molecule has 2 aliphatic heterocycles. The average Bonchev–Trinajstić information content (AvgIpc) is 2.54. The van der Waals surface area contributed by atoms with Crippen LogP contribution in [0, 0.1) is 0 Å². The highest BCUT2D eigenvalue weighted by atomic mass is 16.6. The van der Waals surface area contributed by atoms with E-state index in [1.54, 1.807) is 4.90 Å².